The molecule has 28 heavy (non-hydrogen) atoms. The Morgan fingerprint density at radius 3 is 2.68 bits per heavy atom. The van der Waals surface area contributed by atoms with Gasteiger partial charge in [-0.1, -0.05) is 42.5 Å². The molecule has 2 amide bonds. The predicted molar refractivity (Wildman–Crippen MR) is 105 cm³/mol. The normalized spacial score (nSPS) is 12.9. The molecule has 0 saturated heterocycles. The second-order valence-corrected chi connectivity index (χ2v) is 6.88. The lowest BCUT2D eigenvalue weighted by Gasteiger charge is -2.28. The number of esters is 1. The van der Waals surface area contributed by atoms with Crippen molar-refractivity contribution >= 4 is 40.5 Å². The summed E-state index contributed by atoms with van der Waals surface area (Å²) in [5.74, 6) is -1.46. The first-order valence-electron chi connectivity index (χ1n) is 8.49. The predicted octanol–water partition coefficient (Wildman–Crippen LogP) is 2.95. The van der Waals surface area contributed by atoms with Crippen molar-refractivity contribution in [3.63, 3.8) is 0 Å². The third-order valence-electron chi connectivity index (χ3n) is 4.13. The van der Waals surface area contributed by atoms with Gasteiger partial charge in [0.05, 0.1) is 11.4 Å². The van der Waals surface area contributed by atoms with Crippen LogP contribution in [0.5, 0.6) is 0 Å². The average molecular weight is 393 g/mol. The number of fused-ring (bicyclic) bond motifs is 1. The highest BCUT2D eigenvalue weighted by Gasteiger charge is 2.27. The van der Waals surface area contributed by atoms with E-state index in [4.69, 9.17) is 4.74 Å². The van der Waals surface area contributed by atoms with Crippen LogP contribution in [-0.4, -0.2) is 35.9 Å². The number of ether oxygens (including phenoxy) is 1. The zero-order chi connectivity index (χ0) is 19.5. The van der Waals surface area contributed by atoms with Gasteiger partial charge in [-0.2, -0.15) is 0 Å². The van der Waals surface area contributed by atoms with Crippen molar-refractivity contribution < 1.29 is 19.1 Å². The van der Waals surface area contributed by atoms with Gasteiger partial charge in [0.15, 0.2) is 12.3 Å². The quantitative estimate of drug-likeness (QED) is 0.689. The third-order valence-corrected chi connectivity index (χ3v) is 5.02. The van der Waals surface area contributed by atoms with Crippen LogP contribution in [0.2, 0.25) is 0 Å². The summed E-state index contributed by atoms with van der Waals surface area (Å²) in [6, 6.07) is 16.4. The Hall–Kier alpha value is -3.52. The van der Waals surface area contributed by atoms with Crippen LogP contribution in [0.1, 0.15) is 10.5 Å². The van der Waals surface area contributed by atoms with Gasteiger partial charge in [-0.3, -0.25) is 14.5 Å². The maximum Gasteiger partial charge on any atom is 0.358 e. The molecule has 1 aliphatic rings. The molecule has 1 aromatic heterocycles. The first kappa shape index (κ1) is 17.9. The van der Waals surface area contributed by atoms with E-state index in [1.54, 1.807) is 29.6 Å². The van der Waals surface area contributed by atoms with Gasteiger partial charge < -0.3 is 10.1 Å². The molecule has 0 aliphatic carbocycles. The molecular formula is C20H15N3O4S. The summed E-state index contributed by atoms with van der Waals surface area (Å²) in [5.41, 5.74) is 2.17. The van der Waals surface area contributed by atoms with Gasteiger partial charge in [-0.15, -0.1) is 11.3 Å². The Kier molecular flexibility index (Phi) is 4.86. The van der Waals surface area contributed by atoms with Crippen molar-refractivity contribution in [1.29, 1.82) is 0 Å². The minimum atomic E-state index is -0.679. The SMILES string of the molecule is O=C1CN(C(=O)COC(=O)c2csc(-c3ccccc3)n2)c2ccccc2N1. The standard InChI is InChI=1S/C20H15N3O4S/c24-17-10-23(16-9-5-4-8-14(16)21-17)18(25)11-27-20(26)15-12-28-19(22-15)13-6-2-1-3-7-13/h1-9,12H,10-11H2,(H,21,24). The number of hydrogen-bond donors (Lipinski definition) is 1. The summed E-state index contributed by atoms with van der Waals surface area (Å²) in [4.78, 5) is 42.2. The maximum absolute atomic E-state index is 12.5. The number of thiazole rings is 1. The van der Waals surface area contributed by atoms with Gasteiger partial charge in [0.25, 0.3) is 5.91 Å². The molecule has 7 nitrogen and oxygen atoms in total. The Morgan fingerprint density at radius 2 is 1.86 bits per heavy atom. The number of aromatic nitrogens is 1. The zero-order valence-electron chi connectivity index (χ0n) is 14.6. The minimum Gasteiger partial charge on any atom is -0.451 e. The lowest BCUT2D eigenvalue weighted by molar-refractivity contribution is -0.124. The largest absolute Gasteiger partial charge is 0.451 e. The number of carbonyl (C=O) groups is 3. The van der Waals surface area contributed by atoms with E-state index in [1.165, 1.54) is 16.2 Å². The number of hydrogen-bond acceptors (Lipinski definition) is 6. The molecule has 0 bridgehead atoms. The Bertz CT molecular complexity index is 1050. The van der Waals surface area contributed by atoms with Crippen molar-refractivity contribution in [3.8, 4) is 10.6 Å². The van der Waals surface area contributed by atoms with Crippen LogP contribution in [-0.2, 0) is 14.3 Å². The van der Waals surface area contributed by atoms with Crippen molar-refractivity contribution in [1.82, 2.24) is 4.98 Å². The lowest BCUT2D eigenvalue weighted by Crippen LogP contribution is -2.44. The topological polar surface area (TPSA) is 88.6 Å². The van der Waals surface area contributed by atoms with Gasteiger partial charge in [-0.25, -0.2) is 9.78 Å². The van der Waals surface area contributed by atoms with E-state index in [2.05, 4.69) is 10.3 Å². The zero-order valence-corrected chi connectivity index (χ0v) is 15.4. The van der Waals surface area contributed by atoms with Crippen molar-refractivity contribution in [2.45, 2.75) is 0 Å². The molecule has 4 rings (SSSR count). The van der Waals surface area contributed by atoms with E-state index < -0.39 is 18.5 Å². The van der Waals surface area contributed by atoms with Crippen LogP contribution in [0.15, 0.2) is 60.0 Å². The number of nitrogens with one attached hydrogen (secondary N) is 1. The highest BCUT2D eigenvalue weighted by atomic mass is 32.1. The molecule has 0 unspecified atom stereocenters. The number of rotatable bonds is 4. The molecule has 0 atom stereocenters. The van der Waals surface area contributed by atoms with Gasteiger partial charge in [0.2, 0.25) is 5.91 Å². The number of anilines is 2. The maximum atomic E-state index is 12.5. The summed E-state index contributed by atoms with van der Waals surface area (Å²) < 4.78 is 5.12. The number of carbonyl (C=O) groups excluding carboxylic acids is 3. The van der Waals surface area contributed by atoms with Crippen LogP contribution >= 0.6 is 11.3 Å². The molecule has 2 aromatic carbocycles. The molecular weight excluding hydrogens is 378 g/mol. The van der Waals surface area contributed by atoms with E-state index >= 15 is 0 Å². The third kappa shape index (κ3) is 3.63. The molecule has 0 radical (unpaired) electrons. The van der Waals surface area contributed by atoms with E-state index in [0.29, 0.717) is 16.4 Å². The van der Waals surface area contributed by atoms with Crippen LogP contribution in [0.25, 0.3) is 10.6 Å². The number of amides is 2. The number of para-hydroxylation sites is 2. The molecule has 0 saturated carbocycles. The van der Waals surface area contributed by atoms with Crippen LogP contribution < -0.4 is 10.2 Å². The van der Waals surface area contributed by atoms with Crippen LogP contribution in [0.3, 0.4) is 0 Å². The second kappa shape index (κ2) is 7.61. The Morgan fingerprint density at radius 1 is 1.11 bits per heavy atom. The first-order valence-corrected chi connectivity index (χ1v) is 9.37. The fraction of sp³-hybridized carbons (Fsp3) is 0.100. The van der Waals surface area contributed by atoms with Gasteiger partial charge in [-0.05, 0) is 12.1 Å². The van der Waals surface area contributed by atoms with E-state index in [1.807, 2.05) is 30.3 Å². The summed E-state index contributed by atoms with van der Waals surface area (Å²) in [6.45, 7) is -0.596. The summed E-state index contributed by atoms with van der Waals surface area (Å²) in [6.07, 6.45) is 0. The van der Waals surface area contributed by atoms with Gasteiger partial charge >= 0.3 is 5.97 Å². The molecule has 0 fully saturated rings. The monoisotopic (exact) mass is 393 g/mol. The molecule has 2 heterocycles. The molecule has 8 heteroatoms. The Labute approximate surface area is 164 Å². The van der Waals surface area contributed by atoms with E-state index in [0.717, 1.165) is 5.56 Å². The molecule has 0 spiro atoms. The molecule has 3 aromatic rings. The lowest BCUT2D eigenvalue weighted by atomic mass is 10.2. The highest BCUT2D eigenvalue weighted by molar-refractivity contribution is 7.13. The van der Waals surface area contributed by atoms with Crippen molar-refractivity contribution in [2.24, 2.45) is 0 Å². The summed E-state index contributed by atoms with van der Waals surface area (Å²) >= 11 is 1.32. The molecule has 1 aliphatic heterocycles. The van der Waals surface area contributed by atoms with E-state index in [-0.39, 0.29) is 18.1 Å². The second-order valence-electron chi connectivity index (χ2n) is 6.03. The average Bonchev–Trinajstić information content (AvgIpc) is 3.22. The van der Waals surface area contributed by atoms with Crippen molar-refractivity contribution in [2.75, 3.05) is 23.4 Å². The fourth-order valence-electron chi connectivity index (χ4n) is 2.82. The van der Waals surface area contributed by atoms with E-state index in [9.17, 15) is 14.4 Å². The summed E-state index contributed by atoms with van der Waals surface area (Å²) in [7, 11) is 0. The van der Waals surface area contributed by atoms with Gasteiger partial charge in [0, 0.05) is 10.9 Å². The molecule has 140 valence electrons. The van der Waals surface area contributed by atoms with Crippen molar-refractivity contribution in [3.05, 3.63) is 65.7 Å². The summed E-state index contributed by atoms with van der Waals surface area (Å²) in [5, 5.41) is 5.00. The Balaban J connectivity index is 1.42. The number of nitrogens with zero attached hydrogens (tertiary/aromatic N) is 2. The van der Waals surface area contributed by atoms with Gasteiger partial charge in [0.1, 0.15) is 11.6 Å². The highest BCUT2D eigenvalue weighted by Crippen LogP contribution is 2.29. The minimum absolute atomic E-state index is 0.123. The van der Waals surface area contributed by atoms with Crippen LogP contribution in [0, 0.1) is 0 Å². The fourth-order valence-corrected chi connectivity index (χ4v) is 3.61. The first-order chi connectivity index (χ1) is 13.6. The number of benzene rings is 2. The molecule has 1 N–H and O–H groups in total. The smallest absolute Gasteiger partial charge is 0.358 e. The van der Waals surface area contributed by atoms with Crippen LogP contribution in [0.4, 0.5) is 11.4 Å².